The maximum Gasteiger partial charge on any atom is 0.252 e. The van der Waals surface area contributed by atoms with Crippen LogP contribution in [0.15, 0.2) is 59.6 Å². The molecule has 2 N–H and O–H groups in total. The van der Waals surface area contributed by atoms with Gasteiger partial charge in [-0.05, 0) is 35.2 Å². The molecule has 122 valence electrons. The van der Waals surface area contributed by atoms with Crippen LogP contribution < -0.4 is 10.6 Å². The number of carbonyl (C=O) groups excluding carboxylic acids is 2. The fraction of sp³-hybridized carbons (Fsp3) is 0.118. The standard InChI is InChI=1S/C17H16N4O2S/c22-16(10-18-17(23)14-6-9-24-12-14)20-15-4-2-13(3-5-15)11-21-8-1-7-19-21/h1-9,12H,10-11H2,(H,18,23)(H,20,22). The molecule has 24 heavy (non-hydrogen) atoms. The Balaban J connectivity index is 1.48. The van der Waals surface area contributed by atoms with Crippen molar-refractivity contribution < 1.29 is 9.59 Å². The molecule has 0 aliphatic carbocycles. The van der Waals surface area contributed by atoms with E-state index < -0.39 is 0 Å². The molecule has 3 rings (SSSR count). The molecular formula is C17H16N4O2S. The van der Waals surface area contributed by atoms with E-state index in [9.17, 15) is 9.59 Å². The minimum atomic E-state index is -0.265. The third-order valence-electron chi connectivity index (χ3n) is 3.33. The largest absolute Gasteiger partial charge is 0.343 e. The number of anilines is 1. The van der Waals surface area contributed by atoms with E-state index in [1.165, 1.54) is 11.3 Å². The Morgan fingerprint density at radius 2 is 2.00 bits per heavy atom. The van der Waals surface area contributed by atoms with Crippen LogP contribution in [-0.4, -0.2) is 28.1 Å². The van der Waals surface area contributed by atoms with Crippen LogP contribution in [0, 0.1) is 0 Å². The lowest BCUT2D eigenvalue weighted by atomic mass is 10.2. The summed E-state index contributed by atoms with van der Waals surface area (Å²) in [6.07, 6.45) is 3.63. The average Bonchev–Trinajstić information content (AvgIpc) is 3.28. The first-order valence-electron chi connectivity index (χ1n) is 7.37. The number of amides is 2. The van der Waals surface area contributed by atoms with Gasteiger partial charge in [0, 0.05) is 29.0 Å². The zero-order valence-corrected chi connectivity index (χ0v) is 13.6. The SMILES string of the molecule is O=C(CNC(=O)c1ccsc1)Nc1ccc(Cn2cccn2)cc1. The molecule has 7 heteroatoms. The zero-order chi connectivity index (χ0) is 16.8. The van der Waals surface area contributed by atoms with E-state index in [0.29, 0.717) is 17.8 Å². The van der Waals surface area contributed by atoms with Crippen molar-refractivity contribution in [3.05, 3.63) is 70.7 Å². The monoisotopic (exact) mass is 340 g/mol. The van der Waals surface area contributed by atoms with Crippen molar-refractivity contribution in [2.45, 2.75) is 6.54 Å². The molecule has 3 aromatic rings. The van der Waals surface area contributed by atoms with Gasteiger partial charge in [0.05, 0.1) is 13.1 Å². The lowest BCUT2D eigenvalue weighted by Crippen LogP contribution is -2.32. The van der Waals surface area contributed by atoms with Crippen LogP contribution in [0.2, 0.25) is 0 Å². The van der Waals surface area contributed by atoms with Gasteiger partial charge in [0.2, 0.25) is 5.91 Å². The van der Waals surface area contributed by atoms with Crippen LogP contribution in [0.1, 0.15) is 15.9 Å². The second-order valence-corrected chi connectivity index (χ2v) is 5.92. The van der Waals surface area contributed by atoms with Gasteiger partial charge in [0.15, 0.2) is 0 Å². The number of benzene rings is 1. The minimum Gasteiger partial charge on any atom is -0.343 e. The van der Waals surface area contributed by atoms with Gasteiger partial charge in [-0.2, -0.15) is 16.4 Å². The summed E-state index contributed by atoms with van der Waals surface area (Å²) in [5.74, 6) is -0.514. The maximum absolute atomic E-state index is 11.9. The zero-order valence-electron chi connectivity index (χ0n) is 12.8. The number of nitrogens with one attached hydrogen (secondary N) is 2. The first kappa shape index (κ1) is 15.9. The summed E-state index contributed by atoms with van der Waals surface area (Å²) in [5.41, 5.74) is 2.34. The third kappa shape index (κ3) is 4.30. The number of hydrogen-bond donors (Lipinski definition) is 2. The summed E-state index contributed by atoms with van der Waals surface area (Å²) in [7, 11) is 0. The highest BCUT2D eigenvalue weighted by molar-refractivity contribution is 7.08. The molecule has 0 spiro atoms. The summed E-state index contributed by atoms with van der Waals surface area (Å²) < 4.78 is 1.83. The molecule has 0 saturated carbocycles. The number of hydrogen-bond acceptors (Lipinski definition) is 4. The van der Waals surface area contributed by atoms with Gasteiger partial charge in [-0.25, -0.2) is 0 Å². The highest BCUT2D eigenvalue weighted by atomic mass is 32.1. The van der Waals surface area contributed by atoms with E-state index in [1.807, 2.05) is 46.6 Å². The van der Waals surface area contributed by atoms with Crippen LogP contribution in [0.25, 0.3) is 0 Å². The van der Waals surface area contributed by atoms with Crippen LogP contribution in [0.4, 0.5) is 5.69 Å². The van der Waals surface area contributed by atoms with Crippen LogP contribution in [0.5, 0.6) is 0 Å². The molecule has 0 fully saturated rings. The van der Waals surface area contributed by atoms with E-state index in [4.69, 9.17) is 0 Å². The highest BCUT2D eigenvalue weighted by Crippen LogP contribution is 2.10. The Morgan fingerprint density at radius 1 is 1.17 bits per heavy atom. The highest BCUT2D eigenvalue weighted by Gasteiger charge is 2.08. The van der Waals surface area contributed by atoms with Crippen LogP contribution in [-0.2, 0) is 11.3 Å². The van der Waals surface area contributed by atoms with Crippen molar-refractivity contribution in [2.75, 3.05) is 11.9 Å². The molecule has 0 aliphatic heterocycles. The van der Waals surface area contributed by atoms with E-state index in [-0.39, 0.29) is 18.4 Å². The predicted octanol–water partition coefficient (Wildman–Crippen LogP) is 2.36. The van der Waals surface area contributed by atoms with Crippen molar-refractivity contribution in [3.8, 4) is 0 Å². The molecule has 0 radical (unpaired) electrons. The summed E-state index contributed by atoms with van der Waals surface area (Å²) in [4.78, 5) is 23.7. The van der Waals surface area contributed by atoms with E-state index in [1.54, 1.807) is 17.6 Å². The Kier molecular flexibility index (Phi) is 5.02. The maximum atomic E-state index is 11.9. The van der Waals surface area contributed by atoms with Crippen LogP contribution >= 0.6 is 11.3 Å². The minimum absolute atomic E-state index is 0.0658. The van der Waals surface area contributed by atoms with Crippen molar-refractivity contribution in [2.24, 2.45) is 0 Å². The van der Waals surface area contributed by atoms with Gasteiger partial charge >= 0.3 is 0 Å². The fourth-order valence-electron chi connectivity index (χ4n) is 2.14. The molecule has 0 saturated heterocycles. The number of aromatic nitrogens is 2. The Morgan fingerprint density at radius 3 is 2.67 bits per heavy atom. The lowest BCUT2D eigenvalue weighted by molar-refractivity contribution is -0.115. The molecule has 0 unspecified atom stereocenters. The topological polar surface area (TPSA) is 76.0 Å². The molecule has 2 heterocycles. The molecule has 2 aromatic heterocycles. The third-order valence-corrected chi connectivity index (χ3v) is 4.02. The summed E-state index contributed by atoms with van der Waals surface area (Å²) in [5, 5.41) is 13.1. The summed E-state index contributed by atoms with van der Waals surface area (Å²) in [6, 6.07) is 11.1. The lowest BCUT2D eigenvalue weighted by Gasteiger charge is -2.08. The molecule has 0 bridgehead atoms. The summed E-state index contributed by atoms with van der Waals surface area (Å²) in [6.45, 7) is 0.613. The number of nitrogens with zero attached hydrogens (tertiary/aromatic N) is 2. The molecule has 1 aromatic carbocycles. The van der Waals surface area contributed by atoms with Gasteiger partial charge in [0.25, 0.3) is 5.91 Å². The Bertz CT molecular complexity index is 796. The van der Waals surface area contributed by atoms with Crippen molar-refractivity contribution in [3.63, 3.8) is 0 Å². The van der Waals surface area contributed by atoms with Crippen LogP contribution in [0.3, 0.4) is 0 Å². The van der Waals surface area contributed by atoms with Crippen molar-refractivity contribution >= 4 is 28.8 Å². The second-order valence-electron chi connectivity index (χ2n) is 5.14. The smallest absolute Gasteiger partial charge is 0.252 e. The van der Waals surface area contributed by atoms with Gasteiger partial charge in [0.1, 0.15) is 0 Å². The molecule has 0 aliphatic rings. The number of carbonyl (C=O) groups is 2. The van der Waals surface area contributed by atoms with Gasteiger partial charge in [-0.3, -0.25) is 14.3 Å². The second kappa shape index (κ2) is 7.56. The molecule has 0 atom stereocenters. The fourth-order valence-corrected chi connectivity index (χ4v) is 2.77. The number of rotatable bonds is 6. The van der Waals surface area contributed by atoms with Crippen molar-refractivity contribution in [1.29, 1.82) is 0 Å². The molecule has 2 amide bonds. The van der Waals surface area contributed by atoms with E-state index in [2.05, 4.69) is 15.7 Å². The van der Waals surface area contributed by atoms with Gasteiger partial charge < -0.3 is 10.6 Å². The van der Waals surface area contributed by atoms with Gasteiger partial charge in [-0.1, -0.05) is 12.1 Å². The first-order chi connectivity index (χ1) is 11.7. The van der Waals surface area contributed by atoms with Crippen molar-refractivity contribution in [1.82, 2.24) is 15.1 Å². The summed E-state index contributed by atoms with van der Waals surface area (Å²) >= 11 is 1.44. The average molecular weight is 340 g/mol. The Labute approximate surface area is 143 Å². The Hall–Kier alpha value is -2.93. The number of thiophene rings is 1. The normalized spacial score (nSPS) is 10.3. The predicted molar refractivity (Wildman–Crippen MR) is 93.1 cm³/mol. The molecule has 6 nitrogen and oxygen atoms in total. The first-order valence-corrected chi connectivity index (χ1v) is 8.31. The molecular weight excluding hydrogens is 324 g/mol. The van der Waals surface area contributed by atoms with Gasteiger partial charge in [-0.15, -0.1) is 0 Å². The quantitative estimate of drug-likeness (QED) is 0.723. The van der Waals surface area contributed by atoms with E-state index >= 15 is 0 Å². The van der Waals surface area contributed by atoms with E-state index in [0.717, 1.165) is 5.56 Å².